The summed E-state index contributed by atoms with van der Waals surface area (Å²) in [7, 11) is 0. The van der Waals surface area contributed by atoms with E-state index >= 15 is 0 Å². The van der Waals surface area contributed by atoms with Gasteiger partial charge in [-0.25, -0.2) is 4.39 Å². The Hall–Kier alpha value is -2.69. The number of hydrogen-bond acceptors (Lipinski definition) is 2. The summed E-state index contributed by atoms with van der Waals surface area (Å²) >= 11 is 0. The van der Waals surface area contributed by atoms with Gasteiger partial charge in [-0.3, -0.25) is 9.59 Å². The molecule has 5 heteroatoms. The molecule has 0 saturated heterocycles. The van der Waals surface area contributed by atoms with Crippen LogP contribution in [0, 0.1) is 12.2 Å². The molecule has 4 nitrogen and oxygen atoms in total. The van der Waals surface area contributed by atoms with Crippen LogP contribution in [0.4, 0.5) is 10.1 Å². The summed E-state index contributed by atoms with van der Waals surface area (Å²) in [5.41, 5.74) is 2.34. The fraction of sp³-hybridized carbons (Fsp3) is 0.211. The zero-order valence-electron chi connectivity index (χ0n) is 13.1. The zero-order chi connectivity index (χ0) is 16.9. The van der Waals surface area contributed by atoms with Crippen molar-refractivity contribution in [1.29, 1.82) is 0 Å². The van der Waals surface area contributed by atoms with Crippen molar-refractivity contribution in [2.45, 2.75) is 25.3 Å². The third kappa shape index (κ3) is 3.79. The van der Waals surface area contributed by atoms with Gasteiger partial charge in [0.25, 0.3) is 0 Å². The van der Waals surface area contributed by atoms with Crippen LogP contribution in [0.2, 0.25) is 0 Å². The number of halogens is 1. The van der Waals surface area contributed by atoms with E-state index < -0.39 is 6.04 Å². The molecule has 0 fully saturated rings. The van der Waals surface area contributed by atoms with Gasteiger partial charge in [-0.05, 0) is 36.1 Å². The molecule has 1 unspecified atom stereocenters. The van der Waals surface area contributed by atoms with Crippen molar-refractivity contribution in [3.8, 4) is 0 Å². The zero-order valence-corrected chi connectivity index (χ0v) is 13.1. The minimum Gasteiger partial charge on any atom is -0.344 e. The summed E-state index contributed by atoms with van der Waals surface area (Å²) in [6.45, 7) is 0. The third-order valence-corrected chi connectivity index (χ3v) is 4.00. The molecule has 1 aliphatic heterocycles. The van der Waals surface area contributed by atoms with Crippen molar-refractivity contribution in [3.05, 3.63) is 71.9 Å². The molecule has 0 aromatic heterocycles. The summed E-state index contributed by atoms with van der Waals surface area (Å²) in [6, 6.07) is 13.4. The number of carbonyl (C=O) groups excluding carboxylic acids is 2. The molecule has 1 aliphatic rings. The van der Waals surface area contributed by atoms with Crippen LogP contribution < -0.4 is 10.6 Å². The molecule has 24 heavy (non-hydrogen) atoms. The molecule has 0 bridgehead atoms. The van der Waals surface area contributed by atoms with Crippen molar-refractivity contribution in [2.75, 3.05) is 5.32 Å². The maximum absolute atomic E-state index is 13.5. The Morgan fingerprint density at radius 1 is 1.21 bits per heavy atom. The monoisotopic (exact) mass is 325 g/mol. The van der Waals surface area contributed by atoms with E-state index in [-0.39, 0.29) is 24.1 Å². The van der Waals surface area contributed by atoms with Gasteiger partial charge in [0, 0.05) is 18.5 Å². The second-order valence-corrected chi connectivity index (χ2v) is 5.76. The molecular formula is C19H18FN2O2. The fourth-order valence-electron chi connectivity index (χ4n) is 2.75. The van der Waals surface area contributed by atoms with E-state index in [0.29, 0.717) is 18.4 Å². The number of fused-ring (bicyclic) bond motifs is 1. The van der Waals surface area contributed by atoms with E-state index in [1.165, 1.54) is 6.07 Å². The number of carbonyl (C=O) groups is 2. The Balaban J connectivity index is 1.50. The number of amides is 2. The number of nitrogens with one attached hydrogen (secondary N) is 2. The third-order valence-electron chi connectivity index (χ3n) is 4.00. The van der Waals surface area contributed by atoms with Crippen molar-refractivity contribution in [3.63, 3.8) is 0 Å². The van der Waals surface area contributed by atoms with Crippen molar-refractivity contribution in [2.24, 2.45) is 0 Å². The lowest BCUT2D eigenvalue weighted by atomic mass is 9.99. The van der Waals surface area contributed by atoms with Crippen molar-refractivity contribution >= 4 is 17.5 Å². The number of para-hydroxylation sites is 1. The summed E-state index contributed by atoms with van der Waals surface area (Å²) < 4.78 is 13.5. The van der Waals surface area contributed by atoms with Gasteiger partial charge in [0.1, 0.15) is 11.9 Å². The normalized spacial score (nSPS) is 16.2. The van der Waals surface area contributed by atoms with E-state index in [1.807, 2.05) is 24.3 Å². The van der Waals surface area contributed by atoms with Gasteiger partial charge in [0.05, 0.1) is 0 Å². The van der Waals surface area contributed by atoms with Crippen molar-refractivity contribution in [1.82, 2.24) is 5.32 Å². The Morgan fingerprint density at radius 3 is 2.79 bits per heavy atom. The summed E-state index contributed by atoms with van der Waals surface area (Å²) in [6.07, 6.45) is 2.70. The van der Waals surface area contributed by atoms with Crippen LogP contribution in [0.25, 0.3) is 0 Å². The smallest absolute Gasteiger partial charge is 0.247 e. The number of hydrogen-bond donors (Lipinski definition) is 2. The van der Waals surface area contributed by atoms with E-state index in [9.17, 15) is 14.0 Å². The van der Waals surface area contributed by atoms with Gasteiger partial charge >= 0.3 is 0 Å². The molecule has 0 saturated carbocycles. The first-order chi connectivity index (χ1) is 11.6. The lowest BCUT2D eigenvalue weighted by Gasteiger charge is -2.25. The highest BCUT2D eigenvalue weighted by atomic mass is 19.1. The SMILES string of the molecule is O=C(C[CH]Cc1ccccc1F)NC1Cc2ccccc2NC1=O. The molecule has 123 valence electrons. The number of rotatable bonds is 5. The Morgan fingerprint density at radius 2 is 1.96 bits per heavy atom. The largest absolute Gasteiger partial charge is 0.344 e. The van der Waals surface area contributed by atoms with Crippen molar-refractivity contribution < 1.29 is 14.0 Å². The molecule has 2 aromatic carbocycles. The van der Waals surface area contributed by atoms with Crippen LogP contribution >= 0.6 is 0 Å². The summed E-state index contributed by atoms with van der Waals surface area (Å²) in [4.78, 5) is 24.1. The standard InChI is InChI=1S/C19H18FN2O2/c20-15-9-3-1-6-13(15)8-5-11-18(23)21-17-12-14-7-2-4-10-16(14)22-19(17)24/h1-7,9-10,17H,8,11-12H2,(H,21,23)(H,22,24). The van der Waals surface area contributed by atoms with Crippen LogP contribution in [0.3, 0.4) is 0 Å². The first-order valence-corrected chi connectivity index (χ1v) is 7.86. The number of anilines is 1. The highest BCUT2D eigenvalue weighted by Gasteiger charge is 2.26. The minimum absolute atomic E-state index is 0.139. The van der Waals surface area contributed by atoms with Gasteiger partial charge in [0.2, 0.25) is 11.8 Å². The summed E-state index contributed by atoms with van der Waals surface area (Å²) in [5, 5.41) is 5.53. The van der Waals surface area contributed by atoms with Crippen LogP contribution in [-0.2, 0) is 22.4 Å². The van der Waals surface area contributed by atoms with E-state index in [2.05, 4.69) is 10.6 Å². The first kappa shape index (κ1) is 16.2. The van der Waals surface area contributed by atoms with Crippen LogP contribution in [-0.4, -0.2) is 17.9 Å². The molecule has 1 heterocycles. The molecule has 2 amide bonds. The molecule has 0 spiro atoms. The lowest BCUT2D eigenvalue weighted by Crippen LogP contribution is -2.47. The van der Waals surface area contributed by atoms with Crippen LogP contribution in [0.15, 0.2) is 48.5 Å². The molecule has 1 radical (unpaired) electrons. The molecule has 3 rings (SSSR count). The lowest BCUT2D eigenvalue weighted by molar-refractivity contribution is -0.126. The fourth-order valence-corrected chi connectivity index (χ4v) is 2.75. The first-order valence-electron chi connectivity index (χ1n) is 7.86. The average Bonchev–Trinajstić information content (AvgIpc) is 2.57. The maximum atomic E-state index is 13.5. The average molecular weight is 325 g/mol. The Kier molecular flexibility index (Phi) is 4.89. The van der Waals surface area contributed by atoms with Gasteiger partial charge in [0.15, 0.2) is 0 Å². The molecule has 0 aliphatic carbocycles. The Bertz CT molecular complexity index is 761. The maximum Gasteiger partial charge on any atom is 0.247 e. The molecule has 2 aromatic rings. The predicted molar refractivity (Wildman–Crippen MR) is 89.7 cm³/mol. The van der Waals surface area contributed by atoms with E-state index in [4.69, 9.17) is 0 Å². The highest BCUT2D eigenvalue weighted by Crippen LogP contribution is 2.21. The minimum atomic E-state index is -0.575. The highest BCUT2D eigenvalue weighted by molar-refractivity contribution is 6.00. The molecular weight excluding hydrogens is 307 g/mol. The van der Waals surface area contributed by atoms with Gasteiger partial charge < -0.3 is 10.6 Å². The quantitative estimate of drug-likeness (QED) is 0.888. The van der Waals surface area contributed by atoms with Gasteiger partial charge in [-0.1, -0.05) is 36.4 Å². The van der Waals surface area contributed by atoms with Crippen LogP contribution in [0.5, 0.6) is 0 Å². The predicted octanol–water partition coefficient (Wildman–Crippen LogP) is 2.64. The Labute approximate surface area is 140 Å². The number of benzene rings is 2. The van der Waals surface area contributed by atoms with Gasteiger partial charge in [-0.15, -0.1) is 0 Å². The van der Waals surface area contributed by atoms with Crippen LogP contribution in [0.1, 0.15) is 17.5 Å². The van der Waals surface area contributed by atoms with E-state index in [0.717, 1.165) is 11.3 Å². The van der Waals surface area contributed by atoms with E-state index in [1.54, 1.807) is 24.6 Å². The molecule has 1 atom stereocenters. The van der Waals surface area contributed by atoms with Gasteiger partial charge in [-0.2, -0.15) is 0 Å². The second kappa shape index (κ2) is 7.25. The topological polar surface area (TPSA) is 58.2 Å². The molecule has 2 N–H and O–H groups in total. The second-order valence-electron chi connectivity index (χ2n) is 5.76. The summed E-state index contributed by atoms with van der Waals surface area (Å²) in [5.74, 6) is -0.737.